The third-order valence-corrected chi connectivity index (χ3v) is 11.3. The zero-order valence-electron chi connectivity index (χ0n) is 16.6. The Hall–Kier alpha value is -0.600. The molecular weight excluding hydrogens is 466 g/mol. The van der Waals surface area contributed by atoms with Gasteiger partial charge in [0.15, 0.2) is 6.29 Å². The normalized spacial score (nSPS) is 31.9. The minimum atomic E-state index is -7.01. The van der Waals surface area contributed by atoms with E-state index in [9.17, 15) is 43.2 Å². The smallest absolute Gasteiger partial charge is 0.353 e. The van der Waals surface area contributed by atoms with Crippen LogP contribution >= 0.6 is 0 Å². The minimum absolute atomic E-state index is 0.113. The van der Waals surface area contributed by atoms with E-state index in [0.717, 1.165) is 6.92 Å². The molecule has 30 heavy (non-hydrogen) atoms. The molecule has 0 saturated heterocycles. The van der Waals surface area contributed by atoms with Gasteiger partial charge >= 0.3 is 11.0 Å². The standard InChI is InChI=1S/C16H24F6O6S2/c1-5-27-10(4)28-14(29(23,24)15(17,18)19,30(25,26)16(20,21)22)13-7-11-6-12(13)9(3)8(11)2/h8-13H,5-7H2,1-4H3. The maximum atomic E-state index is 13.6. The van der Waals surface area contributed by atoms with Crippen LogP contribution in [-0.2, 0) is 29.1 Å². The highest BCUT2D eigenvalue weighted by atomic mass is 32.3. The van der Waals surface area contributed by atoms with Crippen LogP contribution in [0.1, 0.15) is 40.5 Å². The fourth-order valence-electron chi connectivity index (χ4n) is 4.93. The molecule has 6 atom stereocenters. The van der Waals surface area contributed by atoms with E-state index in [-0.39, 0.29) is 18.9 Å². The second-order valence-electron chi connectivity index (χ2n) is 7.86. The fraction of sp³-hybridized carbons (Fsp3) is 1.00. The van der Waals surface area contributed by atoms with Crippen molar-refractivity contribution in [3.63, 3.8) is 0 Å². The Bertz CT molecular complexity index is 804. The van der Waals surface area contributed by atoms with Crippen molar-refractivity contribution in [2.75, 3.05) is 6.61 Å². The SMILES string of the molecule is CCOC(C)OC(C1CC2CC1C(C)C2C)(S(=O)(=O)C(F)(F)F)S(=O)(=O)C(F)(F)F. The molecule has 2 fully saturated rings. The van der Waals surface area contributed by atoms with Gasteiger partial charge in [-0.2, -0.15) is 26.3 Å². The molecule has 0 N–H and O–H groups in total. The van der Waals surface area contributed by atoms with Gasteiger partial charge in [-0.3, -0.25) is 0 Å². The second-order valence-corrected chi connectivity index (χ2v) is 12.3. The van der Waals surface area contributed by atoms with Crippen LogP contribution in [-0.4, -0.2) is 45.0 Å². The summed E-state index contributed by atoms with van der Waals surface area (Å²) in [6, 6.07) is 0. The number of rotatable bonds is 7. The van der Waals surface area contributed by atoms with Crippen molar-refractivity contribution in [2.45, 2.75) is 62.1 Å². The number of alkyl halides is 6. The Kier molecular flexibility index (Phi) is 6.64. The molecule has 2 aliphatic rings. The van der Waals surface area contributed by atoms with Gasteiger partial charge in [0.05, 0.1) is 0 Å². The predicted octanol–water partition coefficient (Wildman–Crippen LogP) is 3.84. The zero-order valence-corrected chi connectivity index (χ0v) is 18.3. The molecule has 0 heterocycles. The lowest BCUT2D eigenvalue weighted by atomic mass is 9.76. The summed E-state index contributed by atoms with van der Waals surface area (Å²) in [6.45, 7) is 5.22. The Morgan fingerprint density at radius 1 is 0.900 bits per heavy atom. The molecule has 0 spiro atoms. The fourth-order valence-corrected chi connectivity index (χ4v) is 9.16. The van der Waals surface area contributed by atoms with E-state index in [2.05, 4.69) is 0 Å². The van der Waals surface area contributed by atoms with Gasteiger partial charge in [0.25, 0.3) is 23.9 Å². The molecule has 178 valence electrons. The van der Waals surface area contributed by atoms with Crippen LogP contribution in [0.15, 0.2) is 0 Å². The topological polar surface area (TPSA) is 86.7 Å². The van der Waals surface area contributed by atoms with E-state index in [1.54, 1.807) is 13.8 Å². The van der Waals surface area contributed by atoms with Gasteiger partial charge in [0, 0.05) is 12.5 Å². The van der Waals surface area contributed by atoms with Gasteiger partial charge in [0.1, 0.15) is 0 Å². The molecule has 0 amide bonds. The minimum Gasteiger partial charge on any atom is -0.353 e. The van der Waals surface area contributed by atoms with Gasteiger partial charge in [0.2, 0.25) is 0 Å². The Morgan fingerprint density at radius 2 is 1.37 bits per heavy atom. The quantitative estimate of drug-likeness (QED) is 0.398. The maximum Gasteiger partial charge on any atom is 0.501 e. The third-order valence-electron chi connectivity index (χ3n) is 6.44. The van der Waals surface area contributed by atoms with Gasteiger partial charge < -0.3 is 9.47 Å². The first-order valence-corrected chi connectivity index (χ1v) is 12.2. The summed E-state index contributed by atoms with van der Waals surface area (Å²) in [7, 11) is -14.0. The number of hydrogen-bond donors (Lipinski definition) is 0. The molecule has 6 nitrogen and oxygen atoms in total. The lowest BCUT2D eigenvalue weighted by molar-refractivity contribution is -0.175. The van der Waals surface area contributed by atoms with E-state index >= 15 is 0 Å². The Labute approximate surface area is 171 Å². The molecule has 0 radical (unpaired) electrons. The van der Waals surface area contributed by atoms with Gasteiger partial charge in [-0.15, -0.1) is 0 Å². The van der Waals surface area contributed by atoms with E-state index in [4.69, 9.17) is 9.47 Å². The molecule has 0 aromatic rings. The number of sulfone groups is 2. The summed E-state index contributed by atoms with van der Waals surface area (Å²) < 4.78 is 137. The van der Waals surface area contributed by atoms with Crippen molar-refractivity contribution in [3.05, 3.63) is 0 Å². The lowest BCUT2D eigenvalue weighted by Crippen LogP contribution is -2.64. The second kappa shape index (κ2) is 7.77. The van der Waals surface area contributed by atoms with Gasteiger partial charge in [-0.25, -0.2) is 16.8 Å². The van der Waals surface area contributed by atoms with E-state index in [0.29, 0.717) is 0 Å². The van der Waals surface area contributed by atoms with Crippen LogP contribution in [0.5, 0.6) is 0 Å². The molecule has 0 aliphatic heterocycles. The summed E-state index contributed by atoms with van der Waals surface area (Å²) in [5.41, 5.74) is -12.6. The van der Waals surface area contributed by atoms with E-state index < -0.39 is 71.3 Å². The molecular formula is C16H24F6O6S2. The monoisotopic (exact) mass is 490 g/mol. The highest BCUT2D eigenvalue weighted by molar-refractivity contribution is 8.10. The third kappa shape index (κ3) is 3.54. The van der Waals surface area contributed by atoms with E-state index in [1.165, 1.54) is 6.92 Å². The number of hydrogen-bond acceptors (Lipinski definition) is 6. The summed E-state index contributed by atoms with van der Waals surface area (Å²) in [6.07, 6.45) is -2.31. The molecule has 2 rings (SSSR count). The van der Waals surface area contributed by atoms with Crippen LogP contribution in [0.4, 0.5) is 26.3 Å². The lowest BCUT2D eigenvalue weighted by Gasteiger charge is -2.44. The van der Waals surface area contributed by atoms with Crippen molar-refractivity contribution < 1.29 is 52.7 Å². The number of ether oxygens (including phenoxy) is 2. The zero-order chi connectivity index (χ0) is 23.5. The van der Waals surface area contributed by atoms with E-state index in [1.807, 2.05) is 0 Å². The summed E-state index contributed by atoms with van der Waals surface area (Å²) in [4.78, 5) is 0. The van der Waals surface area contributed by atoms with Crippen LogP contribution in [0.3, 0.4) is 0 Å². The molecule has 0 aromatic heterocycles. The highest BCUT2D eigenvalue weighted by Crippen LogP contribution is 2.63. The van der Waals surface area contributed by atoms with Gasteiger partial charge in [-0.1, -0.05) is 13.8 Å². The first kappa shape index (κ1) is 25.7. The van der Waals surface area contributed by atoms with Crippen molar-refractivity contribution >= 4 is 19.7 Å². The molecule has 6 unspecified atom stereocenters. The first-order valence-electron chi connectivity index (χ1n) is 9.28. The van der Waals surface area contributed by atoms with Crippen LogP contribution in [0.2, 0.25) is 0 Å². The molecule has 0 aromatic carbocycles. The average Bonchev–Trinajstić information content (AvgIpc) is 3.11. The summed E-state index contributed by atoms with van der Waals surface area (Å²) in [5, 5.41) is 0. The molecule has 14 heteroatoms. The van der Waals surface area contributed by atoms with Crippen LogP contribution < -0.4 is 0 Å². The predicted molar refractivity (Wildman–Crippen MR) is 92.9 cm³/mol. The largest absolute Gasteiger partial charge is 0.501 e. The Balaban J connectivity index is 2.87. The average molecular weight is 490 g/mol. The molecule has 2 saturated carbocycles. The van der Waals surface area contributed by atoms with Crippen molar-refractivity contribution in [3.8, 4) is 0 Å². The number of fused-ring (bicyclic) bond motifs is 2. The van der Waals surface area contributed by atoms with Crippen molar-refractivity contribution in [2.24, 2.45) is 29.6 Å². The number of halogens is 6. The van der Waals surface area contributed by atoms with Crippen LogP contribution in [0.25, 0.3) is 0 Å². The maximum absolute atomic E-state index is 13.6. The molecule has 2 aliphatic carbocycles. The Morgan fingerprint density at radius 3 is 1.70 bits per heavy atom. The first-order chi connectivity index (χ1) is 13.4. The van der Waals surface area contributed by atoms with Crippen molar-refractivity contribution in [1.29, 1.82) is 0 Å². The van der Waals surface area contributed by atoms with Gasteiger partial charge in [-0.05, 0) is 50.4 Å². The summed E-state index contributed by atoms with van der Waals surface area (Å²) >= 11 is 0. The van der Waals surface area contributed by atoms with Crippen molar-refractivity contribution in [1.82, 2.24) is 0 Å². The summed E-state index contributed by atoms with van der Waals surface area (Å²) in [5.74, 6) is -4.11. The molecule has 2 bridgehead atoms. The van der Waals surface area contributed by atoms with Crippen LogP contribution in [0, 0.1) is 29.6 Å². The highest BCUT2D eigenvalue weighted by Gasteiger charge is 2.79.